The number of rotatable bonds is 22. The lowest BCUT2D eigenvalue weighted by Gasteiger charge is -2.30. The van der Waals surface area contributed by atoms with Gasteiger partial charge in [0.25, 0.3) is 0 Å². The molecule has 388 valence electrons. The molecule has 10 amide bonds. The van der Waals surface area contributed by atoms with Crippen LogP contribution in [0.1, 0.15) is 104 Å². The van der Waals surface area contributed by atoms with Gasteiger partial charge in [0.15, 0.2) is 11.6 Å². The van der Waals surface area contributed by atoms with Crippen LogP contribution >= 0.6 is 0 Å². The number of primary amides is 3. The van der Waals surface area contributed by atoms with E-state index >= 15 is 0 Å². The van der Waals surface area contributed by atoms with Gasteiger partial charge in [0.2, 0.25) is 59.1 Å². The van der Waals surface area contributed by atoms with Crippen molar-refractivity contribution < 1.29 is 62.6 Å². The second-order valence-electron chi connectivity index (χ2n) is 17.9. The summed E-state index contributed by atoms with van der Waals surface area (Å²) < 4.78 is 0. The molecular formula is C46H71N11O13. The lowest BCUT2D eigenvalue weighted by atomic mass is 9.91. The number of Topliss-reactive ketones (excluding diaryl/α,β-unsaturated/α-hetero) is 2. The molecule has 1 aliphatic heterocycles. The van der Waals surface area contributed by atoms with Gasteiger partial charge in [0.05, 0.1) is 31.1 Å². The maximum Gasteiger partial charge on any atom is 0.245 e. The summed E-state index contributed by atoms with van der Waals surface area (Å²) in [6, 6.07) is -1.16. The quantitative estimate of drug-likeness (QED) is 0.0555. The molecule has 1 aliphatic rings. The van der Waals surface area contributed by atoms with Crippen molar-refractivity contribution in [3.8, 4) is 5.75 Å². The molecule has 0 bridgehead atoms. The molecule has 70 heavy (non-hydrogen) atoms. The summed E-state index contributed by atoms with van der Waals surface area (Å²) in [6.07, 6.45) is -3.32. The molecule has 0 unspecified atom stereocenters. The summed E-state index contributed by atoms with van der Waals surface area (Å²) in [4.78, 5) is 161. The van der Waals surface area contributed by atoms with E-state index in [1.54, 1.807) is 27.7 Å². The first-order chi connectivity index (χ1) is 32.9. The number of aromatic hydroxyl groups is 1. The third-order valence-electron chi connectivity index (χ3n) is 11.5. The minimum atomic E-state index is -1.64. The second kappa shape index (κ2) is 29.8. The van der Waals surface area contributed by atoms with E-state index in [4.69, 9.17) is 22.9 Å². The second-order valence-corrected chi connectivity index (χ2v) is 17.9. The summed E-state index contributed by atoms with van der Waals surface area (Å²) in [7, 11) is 0. The monoisotopic (exact) mass is 986 g/mol. The zero-order chi connectivity index (χ0) is 52.7. The van der Waals surface area contributed by atoms with Gasteiger partial charge in [-0.2, -0.15) is 0 Å². The Labute approximate surface area is 406 Å². The van der Waals surface area contributed by atoms with Gasteiger partial charge in [0.1, 0.15) is 23.9 Å². The Bertz CT molecular complexity index is 2050. The number of carbonyl (C=O) groups is 12. The third-order valence-corrected chi connectivity index (χ3v) is 11.5. The standard InChI is InChI=1S/C46H71N11O13/c1-5-26(4)42-45(69)54-30(11-14-36(48)61)35(60)21-28(22-38(50)63)43(67)55-31(12-16-39(64)51-23-40(65)53-33(44(68)56-42)20-27-7-9-29(58)10-8-27)46(70)57(18-6-17-47)24-41(66)52-32(19-25(2)3)34(59)13-15-37(49)62/h7-10,25-26,28,30-33,42,58H,5-6,11-24,47H2,1-4H3,(H2,48,61)(H2,49,62)(H2,50,63)(H,51,64)(H,52,66)(H,53,65)(H,54,69)(H,55,67)(H,56,68)/t26-,28-,30-,31-,32-,33-,42-/m0/s1. The Morgan fingerprint density at radius 3 is 2.04 bits per heavy atom. The molecule has 0 spiro atoms. The summed E-state index contributed by atoms with van der Waals surface area (Å²) >= 11 is 0. The predicted molar refractivity (Wildman–Crippen MR) is 252 cm³/mol. The molecule has 1 aromatic rings. The number of ketones is 2. The fourth-order valence-corrected chi connectivity index (χ4v) is 7.46. The molecular weight excluding hydrogens is 915 g/mol. The van der Waals surface area contributed by atoms with Gasteiger partial charge in [-0.15, -0.1) is 0 Å². The van der Waals surface area contributed by atoms with Crippen molar-refractivity contribution in [2.45, 2.75) is 135 Å². The molecule has 15 N–H and O–H groups in total. The molecule has 24 heteroatoms. The van der Waals surface area contributed by atoms with E-state index in [9.17, 15) is 62.6 Å². The van der Waals surface area contributed by atoms with E-state index in [0.29, 0.717) is 12.0 Å². The van der Waals surface area contributed by atoms with Crippen molar-refractivity contribution in [1.29, 1.82) is 0 Å². The van der Waals surface area contributed by atoms with Crippen molar-refractivity contribution in [3.63, 3.8) is 0 Å². The molecule has 1 fully saturated rings. The molecule has 24 nitrogen and oxygen atoms in total. The summed E-state index contributed by atoms with van der Waals surface area (Å²) in [5.74, 6) is -12.4. The van der Waals surface area contributed by atoms with Gasteiger partial charge < -0.3 is 64.8 Å². The van der Waals surface area contributed by atoms with Gasteiger partial charge in [-0.05, 0) is 61.8 Å². The number of hydrogen-bond donors (Lipinski definition) is 11. The van der Waals surface area contributed by atoms with Gasteiger partial charge in [-0.25, -0.2) is 0 Å². The molecule has 1 aromatic carbocycles. The molecule has 0 radical (unpaired) electrons. The predicted octanol–water partition coefficient (Wildman–Crippen LogP) is -2.91. The number of carbonyl (C=O) groups excluding carboxylic acids is 12. The summed E-state index contributed by atoms with van der Waals surface area (Å²) in [5.41, 5.74) is 22.4. The number of benzene rings is 1. The van der Waals surface area contributed by atoms with E-state index in [1.807, 2.05) is 0 Å². The van der Waals surface area contributed by atoms with Crippen molar-refractivity contribution in [2.24, 2.45) is 40.7 Å². The smallest absolute Gasteiger partial charge is 0.245 e. The van der Waals surface area contributed by atoms with Gasteiger partial charge in [-0.1, -0.05) is 46.2 Å². The highest BCUT2D eigenvalue weighted by molar-refractivity contribution is 5.99. The zero-order valence-corrected chi connectivity index (χ0v) is 40.3. The van der Waals surface area contributed by atoms with Gasteiger partial charge in [0, 0.05) is 51.5 Å². The summed E-state index contributed by atoms with van der Waals surface area (Å²) in [5, 5.41) is 25.1. The van der Waals surface area contributed by atoms with Gasteiger partial charge in [-0.3, -0.25) is 57.5 Å². The number of amides is 10. The average Bonchev–Trinajstić information content (AvgIpc) is 3.29. The molecule has 0 aromatic heterocycles. The van der Waals surface area contributed by atoms with Crippen molar-refractivity contribution in [3.05, 3.63) is 29.8 Å². The molecule has 1 heterocycles. The van der Waals surface area contributed by atoms with Crippen LogP contribution in [-0.2, 0) is 64.0 Å². The number of phenols is 1. The largest absolute Gasteiger partial charge is 0.508 e. The van der Waals surface area contributed by atoms with Crippen LogP contribution in [0.3, 0.4) is 0 Å². The van der Waals surface area contributed by atoms with Crippen LogP contribution in [0, 0.1) is 17.8 Å². The SMILES string of the molecule is CC[C@H](C)[C@@H]1NC(=O)[C@H](Cc2ccc(O)cc2)NC(=O)CNC(=O)CC[C@@H](C(=O)N(CCCN)CC(=O)N[C@@H](CC(C)C)C(=O)CCC(N)=O)NC(=O)[C@H](CC(N)=O)CC(=O)[C@H](CCC(N)=O)NC1=O. The highest BCUT2D eigenvalue weighted by Crippen LogP contribution is 2.18. The van der Waals surface area contributed by atoms with E-state index in [2.05, 4.69) is 31.9 Å². The van der Waals surface area contributed by atoms with Crippen LogP contribution in [0.2, 0.25) is 0 Å². The highest BCUT2D eigenvalue weighted by Gasteiger charge is 2.37. The zero-order valence-electron chi connectivity index (χ0n) is 40.3. The highest BCUT2D eigenvalue weighted by atomic mass is 16.3. The first kappa shape index (κ1) is 59.1. The average molecular weight is 986 g/mol. The molecule has 2 rings (SSSR count). The Morgan fingerprint density at radius 1 is 0.800 bits per heavy atom. The van der Waals surface area contributed by atoms with Crippen molar-refractivity contribution in [1.82, 2.24) is 36.8 Å². The lowest BCUT2D eigenvalue weighted by Crippen LogP contribution is -2.58. The van der Waals surface area contributed by atoms with Crippen LogP contribution < -0.4 is 54.8 Å². The van der Waals surface area contributed by atoms with Crippen LogP contribution in [0.25, 0.3) is 0 Å². The van der Waals surface area contributed by atoms with Crippen molar-refractivity contribution >= 4 is 70.6 Å². The fourth-order valence-electron chi connectivity index (χ4n) is 7.46. The Morgan fingerprint density at radius 2 is 1.46 bits per heavy atom. The number of hydrogen-bond acceptors (Lipinski definition) is 14. The van der Waals surface area contributed by atoms with Crippen LogP contribution in [-0.4, -0.2) is 137 Å². The normalized spacial score (nSPS) is 20.9. The Balaban J connectivity index is 2.68. The first-order valence-electron chi connectivity index (χ1n) is 23.4. The fraction of sp³-hybridized carbons (Fsp3) is 0.609. The molecule has 0 saturated carbocycles. The molecule has 1 saturated heterocycles. The maximum absolute atomic E-state index is 14.5. The topological polar surface area (TPSA) is 405 Å². The minimum Gasteiger partial charge on any atom is -0.508 e. The minimum absolute atomic E-state index is 0.0420. The van der Waals surface area contributed by atoms with E-state index < -0.39 is 158 Å². The Hall–Kier alpha value is -6.98. The van der Waals surface area contributed by atoms with Crippen molar-refractivity contribution in [2.75, 3.05) is 26.2 Å². The number of phenolic OH excluding ortho intramolecular Hbond substituents is 1. The number of nitrogens with zero attached hydrogens (tertiary/aromatic N) is 1. The summed E-state index contributed by atoms with van der Waals surface area (Å²) in [6.45, 7) is 5.51. The first-order valence-corrected chi connectivity index (χ1v) is 23.4. The Kier molecular flexibility index (Phi) is 25.2. The van der Waals surface area contributed by atoms with Gasteiger partial charge >= 0.3 is 0 Å². The number of nitrogens with one attached hydrogen (secondary N) is 6. The maximum atomic E-state index is 14.5. The van der Waals surface area contributed by atoms with Crippen LogP contribution in [0.15, 0.2) is 24.3 Å². The van der Waals surface area contributed by atoms with Crippen LogP contribution in [0.4, 0.5) is 0 Å². The lowest BCUT2D eigenvalue weighted by molar-refractivity contribution is -0.141. The number of nitrogens with two attached hydrogens (primary N) is 4. The third kappa shape index (κ3) is 21.5. The van der Waals surface area contributed by atoms with E-state index in [0.717, 1.165) is 4.90 Å². The van der Waals surface area contributed by atoms with Crippen LogP contribution in [0.5, 0.6) is 5.75 Å². The molecule has 0 aliphatic carbocycles. The van der Waals surface area contributed by atoms with E-state index in [1.165, 1.54) is 24.3 Å². The molecule has 7 atom stereocenters. The van der Waals surface area contributed by atoms with E-state index in [-0.39, 0.29) is 63.3 Å².